The number of likely N-dealkylation sites (tertiary alicyclic amines) is 1. The molecule has 1 aromatic heterocycles. The Hall–Kier alpha value is -2.90. The summed E-state index contributed by atoms with van der Waals surface area (Å²) >= 11 is 1.52. The predicted octanol–water partition coefficient (Wildman–Crippen LogP) is 5.25. The second kappa shape index (κ2) is 10.8. The lowest BCUT2D eigenvalue weighted by Gasteiger charge is -2.40. The summed E-state index contributed by atoms with van der Waals surface area (Å²) < 4.78 is 25.9. The molecule has 2 aromatic carbocycles. The van der Waals surface area contributed by atoms with Crippen molar-refractivity contribution in [1.82, 2.24) is 9.80 Å². The highest BCUT2D eigenvalue weighted by Crippen LogP contribution is 2.33. The van der Waals surface area contributed by atoms with E-state index in [2.05, 4.69) is 17.0 Å². The molecule has 0 spiro atoms. The van der Waals surface area contributed by atoms with Crippen LogP contribution in [0.4, 0.5) is 4.39 Å². The first kappa shape index (κ1) is 23.8. The fraction of sp³-hybridized carbons (Fsp3) is 0.393. The summed E-state index contributed by atoms with van der Waals surface area (Å²) in [4.78, 5) is 17.5. The lowest BCUT2D eigenvalue weighted by atomic mass is 9.84. The summed E-state index contributed by atoms with van der Waals surface area (Å²) in [5.41, 5.74) is 2.58. The Morgan fingerprint density at radius 2 is 1.89 bits per heavy atom. The van der Waals surface area contributed by atoms with Gasteiger partial charge in [0.1, 0.15) is 19.0 Å². The van der Waals surface area contributed by atoms with Gasteiger partial charge in [-0.05, 0) is 79.0 Å². The number of likely N-dealkylation sites (N-methyl/N-ethyl adjacent to an activating group) is 1. The second-order valence-corrected chi connectivity index (χ2v) is 10.2. The highest BCUT2D eigenvalue weighted by Gasteiger charge is 2.32. The van der Waals surface area contributed by atoms with Crippen LogP contribution in [0.1, 0.15) is 34.3 Å². The van der Waals surface area contributed by atoms with Crippen molar-refractivity contribution < 1.29 is 18.7 Å². The Kier molecular flexibility index (Phi) is 7.35. The van der Waals surface area contributed by atoms with Gasteiger partial charge < -0.3 is 14.4 Å². The van der Waals surface area contributed by atoms with Gasteiger partial charge in [-0.1, -0.05) is 24.3 Å². The van der Waals surface area contributed by atoms with Crippen molar-refractivity contribution in [1.29, 1.82) is 0 Å². The van der Waals surface area contributed by atoms with Crippen molar-refractivity contribution in [2.45, 2.75) is 31.8 Å². The molecule has 5 nitrogen and oxygen atoms in total. The normalized spacial score (nSPS) is 17.2. The first-order valence-electron chi connectivity index (χ1n) is 12.2. The van der Waals surface area contributed by atoms with Crippen LogP contribution in [0.5, 0.6) is 11.5 Å². The highest BCUT2D eigenvalue weighted by molar-refractivity contribution is 7.08. The lowest BCUT2D eigenvalue weighted by Crippen LogP contribution is -2.47. The number of thiophene rings is 1. The quantitative estimate of drug-likeness (QED) is 0.450. The summed E-state index contributed by atoms with van der Waals surface area (Å²) in [6.45, 7) is 3.91. The molecule has 0 bridgehead atoms. The Bertz CT molecular complexity index is 1140. The maximum atomic E-state index is 14.6. The summed E-state index contributed by atoms with van der Waals surface area (Å²) in [5.74, 6) is 1.74. The molecular formula is C28H31FN2O3S. The molecule has 1 atom stereocenters. The van der Waals surface area contributed by atoms with E-state index in [9.17, 15) is 9.18 Å². The van der Waals surface area contributed by atoms with Gasteiger partial charge in [-0.2, -0.15) is 11.3 Å². The second-order valence-electron chi connectivity index (χ2n) is 9.38. The summed E-state index contributed by atoms with van der Waals surface area (Å²) in [6, 6.07) is 14.9. The average molecular weight is 495 g/mol. The molecule has 3 aromatic rings. The van der Waals surface area contributed by atoms with Crippen LogP contribution in [0.2, 0.25) is 0 Å². The number of carbonyl (C=O) groups is 1. The number of nitrogens with zero attached hydrogens (tertiary/aromatic N) is 2. The smallest absolute Gasteiger partial charge is 0.254 e. The van der Waals surface area contributed by atoms with Gasteiger partial charge in [0, 0.05) is 25.0 Å². The number of hydrogen-bond donors (Lipinski definition) is 0. The van der Waals surface area contributed by atoms with Gasteiger partial charge in [0.15, 0.2) is 11.5 Å². The van der Waals surface area contributed by atoms with E-state index in [0.29, 0.717) is 36.7 Å². The zero-order valence-electron chi connectivity index (χ0n) is 20.0. The van der Waals surface area contributed by atoms with E-state index in [1.54, 1.807) is 6.07 Å². The average Bonchev–Trinajstić information content (AvgIpc) is 3.43. The molecule has 2 aliphatic rings. The molecule has 5 rings (SSSR count). The molecule has 1 amide bonds. The number of piperidine rings is 1. The molecule has 0 N–H and O–H groups in total. The Morgan fingerprint density at radius 3 is 2.63 bits per heavy atom. The number of hydrogen-bond acceptors (Lipinski definition) is 5. The standard InChI is InChI=1S/C28H31FN2O3S/c1-30(28(32)23-10-15-35-19-23)25(17-22-4-2-3-5-24(22)29)21-8-11-31(12-9-21)18-20-6-7-26-27(16-20)34-14-13-33-26/h2-7,10,15-16,19,21,25H,8-9,11-14,17-18H2,1H3/t25-/m0/s1. The molecule has 2 aliphatic heterocycles. The SMILES string of the molecule is CN(C(=O)c1ccsc1)[C@@H](Cc1ccccc1F)C1CCN(Cc2ccc3c(c2)OCCO3)CC1. The summed E-state index contributed by atoms with van der Waals surface area (Å²) in [7, 11) is 1.87. The summed E-state index contributed by atoms with van der Waals surface area (Å²) in [5, 5.41) is 3.80. The number of fused-ring (bicyclic) bond motifs is 1. The number of ether oxygens (including phenoxy) is 2. The van der Waals surface area contributed by atoms with Crippen LogP contribution in [0.3, 0.4) is 0 Å². The van der Waals surface area contributed by atoms with Crippen LogP contribution in [-0.4, -0.2) is 55.1 Å². The Labute approximate surface area is 210 Å². The number of halogens is 1. The van der Waals surface area contributed by atoms with E-state index < -0.39 is 0 Å². The fourth-order valence-electron chi connectivity index (χ4n) is 5.19. The molecule has 1 saturated heterocycles. The van der Waals surface area contributed by atoms with Gasteiger partial charge in [-0.3, -0.25) is 9.69 Å². The topological polar surface area (TPSA) is 42.0 Å². The summed E-state index contributed by atoms with van der Waals surface area (Å²) in [6.07, 6.45) is 2.45. The van der Waals surface area contributed by atoms with E-state index in [1.165, 1.54) is 23.0 Å². The van der Waals surface area contributed by atoms with Crippen LogP contribution in [0.25, 0.3) is 0 Å². The van der Waals surface area contributed by atoms with E-state index in [-0.39, 0.29) is 17.8 Å². The molecule has 7 heteroatoms. The van der Waals surface area contributed by atoms with Crippen molar-refractivity contribution in [2.24, 2.45) is 5.92 Å². The first-order chi connectivity index (χ1) is 17.1. The van der Waals surface area contributed by atoms with E-state index in [0.717, 1.165) is 44.0 Å². The lowest BCUT2D eigenvalue weighted by molar-refractivity contribution is 0.0583. The van der Waals surface area contributed by atoms with Gasteiger partial charge in [0.25, 0.3) is 5.91 Å². The molecule has 184 valence electrons. The van der Waals surface area contributed by atoms with Crippen molar-refractivity contribution in [3.8, 4) is 11.5 Å². The van der Waals surface area contributed by atoms with Crippen molar-refractivity contribution in [3.63, 3.8) is 0 Å². The third-order valence-corrected chi connectivity index (χ3v) is 7.85. The molecule has 0 aliphatic carbocycles. The van der Waals surface area contributed by atoms with Crippen LogP contribution >= 0.6 is 11.3 Å². The minimum atomic E-state index is -0.204. The number of amides is 1. The zero-order valence-corrected chi connectivity index (χ0v) is 20.8. The van der Waals surface area contributed by atoms with Crippen molar-refractivity contribution in [2.75, 3.05) is 33.4 Å². The third-order valence-electron chi connectivity index (χ3n) is 7.16. The fourth-order valence-corrected chi connectivity index (χ4v) is 5.82. The van der Waals surface area contributed by atoms with Crippen LogP contribution in [-0.2, 0) is 13.0 Å². The number of carbonyl (C=O) groups excluding carboxylic acids is 1. The van der Waals surface area contributed by atoms with Gasteiger partial charge in [0.05, 0.1) is 5.56 Å². The van der Waals surface area contributed by atoms with Gasteiger partial charge in [-0.15, -0.1) is 0 Å². The number of benzene rings is 2. The van der Waals surface area contributed by atoms with E-state index >= 15 is 0 Å². The molecule has 35 heavy (non-hydrogen) atoms. The third kappa shape index (κ3) is 5.52. The largest absolute Gasteiger partial charge is 0.486 e. The number of rotatable bonds is 7. The zero-order chi connectivity index (χ0) is 24.2. The van der Waals surface area contributed by atoms with Crippen LogP contribution in [0.15, 0.2) is 59.3 Å². The van der Waals surface area contributed by atoms with Crippen LogP contribution in [0, 0.1) is 11.7 Å². The maximum Gasteiger partial charge on any atom is 0.254 e. The predicted molar refractivity (Wildman–Crippen MR) is 136 cm³/mol. The Morgan fingerprint density at radius 1 is 1.11 bits per heavy atom. The molecule has 3 heterocycles. The molecule has 0 saturated carbocycles. The highest BCUT2D eigenvalue weighted by atomic mass is 32.1. The molecule has 0 radical (unpaired) electrons. The van der Waals surface area contributed by atoms with Crippen molar-refractivity contribution in [3.05, 3.63) is 81.8 Å². The van der Waals surface area contributed by atoms with Crippen LogP contribution < -0.4 is 9.47 Å². The first-order valence-corrected chi connectivity index (χ1v) is 13.2. The van der Waals surface area contributed by atoms with Gasteiger partial charge in [-0.25, -0.2) is 4.39 Å². The monoisotopic (exact) mass is 494 g/mol. The maximum absolute atomic E-state index is 14.6. The molecule has 1 fully saturated rings. The minimum absolute atomic E-state index is 0.00583. The molecule has 0 unspecified atom stereocenters. The Balaban J connectivity index is 1.27. The van der Waals surface area contributed by atoms with E-state index in [1.807, 2.05) is 47.0 Å². The van der Waals surface area contributed by atoms with Gasteiger partial charge >= 0.3 is 0 Å². The van der Waals surface area contributed by atoms with Crippen molar-refractivity contribution >= 4 is 17.2 Å². The van der Waals surface area contributed by atoms with E-state index in [4.69, 9.17) is 9.47 Å². The van der Waals surface area contributed by atoms with Gasteiger partial charge in [0.2, 0.25) is 0 Å². The molecular weight excluding hydrogens is 463 g/mol. The minimum Gasteiger partial charge on any atom is -0.486 e.